The maximum Gasteiger partial charge on any atom is 0.407 e. The van der Waals surface area contributed by atoms with Gasteiger partial charge in [-0.05, 0) is 46.6 Å². The molecule has 0 saturated carbocycles. The molecule has 2 aliphatic rings. The molecule has 3 aromatic rings. The second-order valence-corrected chi connectivity index (χ2v) is 11.8. The predicted octanol–water partition coefficient (Wildman–Crippen LogP) is 5.18. The van der Waals surface area contributed by atoms with E-state index in [0.29, 0.717) is 25.9 Å². The number of likely N-dealkylation sites (tertiary alicyclic amines) is 1. The van der Waals surface area contributed by atoms with Gasteiger partial charge in [0, 0.05) is 25.6 Å². The second-order valence-electron chi connectivity index (χ2n) is 11.8. The molecular formula is C34H39N3O5. The third-order valence-electron chi connectivity index (χ3n) is 8.51. The standard InChI is InChI=1S/C34H39N3O5/c1-23(2)31(35-33(41)42-22-29-27-14-8-6-12-25(27)26-13-7-9-15-28(26)29)32(40)36-34(20-30(38)39)16-18-37(19-17-34)21-24-10-4-3-5-11-24/h3-15,23,29,31H,16-22H2,1-2H3,(H,35,41)(H,36,40)(H,38,39)/t31-/m0/s1. The molecule has 0 radical (unpaired) electrons. The minimum absolute atomic E-state index is 0.0885. The summed E-state index contributed by atoms with van der Waals surface area (Å²) in [6.07, 6.45) is 0.172. The van der Waals surface area contributed by atoms with Gasteiger partial charge in [0.25, 0.3) is 0 Å². The summed E-state index contributed by atoms with van der Waals surface area (Å²) in [5, 5.41) is 15.5. The highest BCUT2D eigenvalue weighted by atomic mass is 16.5. The summed E-state index contributed by atoms with van der Waals surface area (Å²) in [6, 6.07) is 25.5. The number of aliphatic carboxylic acids is 1. The third-order valence-corrected chi connectivity index (χ3v) is 8.51. The Morgan fingerprint density at radius 3 is 2.05 bits per heavy atom. The molecule has 8 nitrogen and oxygen atoms in total. The van der Waals surface area contributed by atoms with Crippen LogP contribution in [0, 0.1) is 5.92 Å². The summed E-state index contributed by atoms with van der Waals surface area (Å²) in [4.78, 5) is 40.7. The van der Waals surface area contributed by atoms with Crippen LogP contribution in [0.25, 0.3) is 11.1 Å². The molecule has 0 spiro atoms. The number of amides is 2. The van der Waals surface area contributed by atoms with Crippen LogP contribution in [0.1, 0.15) is 55.7 Å². The predicted molar refractivity (Wildman–Crippen MR) is 161 cm³/mol. The normalized spacial score (nSPS) is 16.7. The van der Waals surface area contributed by atoms with Crippen molar-refractivity contribution in [2.75, 3.05) is 19.7 Å². The van der Waals surface area contributed by atoms with Crippen molar-refractivity contribution in [2.45, 2.75) is 57.2 Å². The smallest absolute Gasteiger partial charge is 0.407 e. The Labute approximate surface area is 247 Å². The molecule has 2 amide bonds. The Kier molecular flexibility index (Phi) is 8.92. The lowest BCUT2D eigenvalue weighted by molar-refractivity contribution is -0.140. The summed E-state index contributed by atoms with van der Waals surface area (Å²) < 4.78 is 5.69. The fourth-order valence-corrected chi connectivity index (χ4v) is 6.26. The minimum atomic E-state index is -0.961. The van der Waals surface area contributed by atoms with Crippen LogP contribution in [-0.2, 0) is 20.9 Å². The van der Waals surface area contributed by atoms with Crippen LogP contribution < -0.4 is 10.6 Å². The Morgan fingerprint density at radius 1 is 0.905 bits per heavy atom. The van der Waals surface area contributed by atoms with Crippen molar-refractivity contribution in [1.29, 1.82) is 0 Å². The second kappa shape index (κ2) is 12.8. The largest absolute Gasteiger partial charge is 0.481 e. The van der Waals surface area contributed by atoms with Gasteiger partial charge in [0.2, 0.25) is 5.91 Å². The van der Waals surface area contributed by atoms with Gasteiger partial charge in [0.1, 0.15) is 12.6 Å². The van der Waals surface area contributed by atoms with E-state index in [1.54, 1.807) is 0 Å². The molecule has 1 atom stereocenters. The monoisotopic (exact) mass is 569 g/mol. The number of alkyl carbamates (subject to hydrolysis) is 1. The summed E-state index contributed by atoms with van der Waals surface area (Å²) in [5.41, 5.74) is 4.81. The summed E-state index contributed by atoms with van der Waals surface area (Å²) in [7, 11) is 0. The third kappa shape index (κ3) is 6.65. The van der Waals surface area contributed by atoms with Gasteiger partial charge < -0.3 is 20.5 Å². The molecule has 1 aliphatic heterocycles. The van der Waals surface area contributed by atoms with E-state index in [1.165, 1.54) is 5.56 Å². The van der Waals surface area contributed by atoms with Gasteiger partial charge in [-0.3, -0.25) is 14.5 Å². The molecule has 42 heavy (non-hydrogen) atoms. The quantitative estimate of drug-likeness (QED) is 0.311. The lowest BCUT2D eigenvalue weighted by Crippen LogP contribution is -2.61. The Morgan fingerprint density at radius 2 is 1.48 bits per heavy atom. The van der Waals surface area contributed by atoms with Gasteiger partial charge in [-0.25, -0.2) is 4.79 Å². The number of hydrogen-bond donors (Lipinski definition) is 3. The first kappa shape index (κ1) is 29.3. The molecule has 8 heteroatoms. The number of rotatable bonds is 10. The van der Waals surface area contributed by atoms with Gasteiger partial charge in [0.15, 0.2) is 0 Å². The average molecular weight is 570 g/mol. The number of ether oxygens (including phenoxy) is 1. The van der Waals surface area contributed by atoms with Crippen LogP contribution in [0.2, 0.25) is 0 Å². The minimum Gasteiger partial charge on any atom is -0.481 e. The average Bonchev–Trinajstić information content (AvgIpc) is 3.29. The summed E-state index contributed by atoms with van der Waals surface area (Å²) in [5.74, 6) is -1.67. The van der Waals surface area contributed by atoms with E-state index in [9.17, 15) is 19.5 Å². The van der Waals surface area contributed by atoms with Gasteiger partial charge in [-0.1, -0.05) is 92.7 Å². The van der Waals surface area contributed by atoms with Gasteiger partial charge in [-0.15, -0.1) is 0 Å². The van der Waals surface area contributed by atoms with Crippen LogP contribution >= 0.6 is 0 Å². The fraction of sp³-hybridized carbons (Fsp3) is 0.382. The lowest BCUT2D eigenvalue weighted by atomic mass is 9.83. The maximum absolute atomic E-state index is 13.5. The molecule has 1 aliphatic carbocycles. The van der Waals surface area contributed by atoms with Crippen molar-refractivity contribution in [3.63, 3.8) is 0 Å². The summed E-state index contributed by atoms with van der Waals surface area (Å²) >= 11 is 0. The van der Waals surface area contributed by atoms with E-state index in [1.807, 2.05) is 56.3 Å². The highest BCUT2D eigenvalue weighted by Crippen LogP contribution is 2.44. The molecule has 0 unspecified atom stereocenters. The highest BCUT2D eigenvalue weighted by molar-refractivity contribution is 5.87. The van der Waals surface area contributed by atoms with E-state index in [2.05, 4.69) is 51.9 Å². The number of hydrogen-bond acceptors (Lipinski definition) is 5. The first-order valence-electron chi connectivity index (χ1n) is 14.7. The van der Waals surface area contributed by atoms with E-state index in [-0.39, 0.29) is 24.9 Å². The molecule has 0 aromatic heterocycles. The number of benzene rings is 3. The number of carboxylic acid groups (broad SMARTS) is 1. The van der Waals surface area contributed by atoms with Crippen molar-refractivity contribution >= 4 is 18.0 Å². The van der Waals surface area contributed by atoms with Crippen LogP contribution in [0.3, 0.4) is 0 Å². The molecule has 3 aromatic carbocycles. The number of piperidine rings is 1. The van der Waals surface area contributed by atoms with Crippen LogP contribution in [0.5, 0.6) is 0 Å². The van der Waals surface area contributed by atoms with Crippen molar-refractivity contribution < 1.29 is 24.2 Å². The number of fused-ring (bicyclic) bond motifs is 3. The van der Waals surface area contributed by atoms with Crippen LogP contribution in [-0.4, -0.2) is 59.3 Å². The van der Waals surface area contributed by atoms with Crippen molar-refractivity contribution in [3.8, 4) is 11.1 Å². The molecule has 1 fully saturated rings. The molecule has 3 N–H and O–H groups in total. The number of carboxylic acids is 1. The van der Waals surface area contributed by atoms with E-state index < -0.39 is 29.6 Å². The zero-order chi connectivity index (χ0) is 29.7. The molecule has 0 bridgehead atoms. The molecule has 1 heterocycles. The van der Waals surface area contributed by atoms with E-state index >= 15 is 0 Å². The van der Waals surface area contributed by atoms with Crippen molar-refractivity contribution in [2.24, 2.45) is 5.92 Å². The van der Waals surface area contributed by atoms with Gasteiger partial charge in [0.05, 0.1) is 12.0 Å². The highest BCUT2D eigenvalue weighted by Gasteiger charge is 2.40. The van der Waals surface area contributed by atoms with Gasteiger partial charge in [-0.2, -0.15) is 0 Å². The lowest BCUT2D eigenvalue weighted by Gasteiger charge is -2.42. The SMILES string of the molecule is CC(C)[C@H](NC(=O)OCC1c2ccccc2-c2ccccc21)C(=O)NC1(CC(=O)O)CCN(Cc2ccccc2)CC1. The first-order chi connectivity index (χ1) is 20.2. The van der Waals surface area contributed by atoms with E-state index in [0.717, 1.165) is 28.8 Å². The topological polar surface area (TPSA) is 108 Å². The summed E-state index contributed by atoms with van der Waals surface area (Å²) in [6.45, 7) is 5.94. The zero-order valence-corrected chi connectivity index (χ0v) is 24.2. The number of nitrogens with one attached hydrogen (secondary N) is 2. The van der Waals surface area contributed by atoms with Crippen molar-refractivity contribution in [1.82, 2.24) is 15.5 Å². The first-order valence-corrected chi connectivity index (χ1v) is 14.7. The zero-order valence-electron chi connectivity index (χ0n) is 24.2. The maximum atomic E-state index is 13.5. The Bertz CT molecular complexity index is 1370. The molecule has 220 valence electrons. The fourth-order valence-electron chi connectivity index (χ4n) is 6.26. The molecule has 5 rings (SSSR count). The number of nitrogens with zero attached hydrogens (tertiary/aromatic N) is 1. The van der Waals surface area contributed by atoms with Crippen LogP contribution in [0.4, 0.5) is 4.79 Å². The Hall–Kier alpha value is -4.17. The molecular weight excluding hydrogens is 530 g/mol. The molecule has 1 saturated heterocycles. The van der Waals surface area contributed by atoms with Gasteiger partial charge >= 0.3 is 12.1 Å². The van der Waals surface area contributed by atoms with Crippen LogP contribution in [0.15, 0.2) is 78.9 Å². The van der Waals surface area contributed by atoms with Crippen molar-refractivity contribution in [3.05, 3.63) is 95.6 Å². The number of carbonyl (C=O) groups excluding carboxylic acids is 2. The number of carbonyl (C=O) groups is 3. The Balaban J connectivity index is 1.21. The van der Waals surface area contributed by atoms with E-state index in [4.69, 9.17) is 4.74 Å².